The topological polar surface area (TPSA) is 44.7 Å². The zero-order valence-electron chi connectivity index (χ0n) is 12.3. The van der Waals surface area contributed by atoms with Crippen LogP contribution < -0.4 is 10.1 Å². The zero-order valence-corrected chi connectivity index (χ0v) is 12.3. The number of ether oxygens (including phenoxy) is 1. The summed E-state index contributed by atoms with van der Waals surface area (Å²) in [4.78, 5) is 2.55. The maximum absolute atomic E-state index is 8.70. The standard InChI is InChI=1S/C16H26N2O2/c1-2-18-9-3-4-15(18)13-17-12-14-5-7-16(8-6-14)20-11-10-19/h5-8,15,17,19H,2-4,9-13H2,1H3. The average Bonchev–Trinajstić information content (AvgIpc) is 2.94. The second kappa shape index (κ2) is 8.25. The van der Waals surface area contributed by atoms with Gasteiger partial charge >= 0.3 is 0 Å². The second-order valence-electron chi connectivity index (χ2n) is 5.27. The molecule has 1 heterocycles. The van der Waals surface area contributed by atoms with Crippen LogP contribution in [-0.4, -0.2) is 48.9 Å². The van der Waals surface area contributed by atoms with Gasteiger partial charge in [0.1, 0.15) is 12.4 Å². The summed E-state index contributed by atoms with van der Waals surface area (Å²) < 4.78 is 5.35. The first-order valence-electron chi connectivity index (χ1n) is 7.61. The Labute approximate surface area is 121 Å². The fourth-order valence-electron chi connectivity index (χ4n) is 2.79. The molecule has 4 heteroatoms. The molecule has 1 saturated heterocycles. The fourth-order valence-corrected chi connectivity index (χ4v) is 2.79. The van der Waals surface area contributed by atoms with Gasteiger partial charge in [0.15, 0.2) is 0 Å². The lowest BCUT2D eigenvalue weighted by molar-refractivity contribution is 0.201. The molecule has 20 heavy (non-hydrogen) atoms. The molecule has 0 aromatic heterocycles. The van der Waals surface area contributed by atoms with Gasteiger partial charge in [-0.2, -0.15) is 0 Å². The van der Waals surface area contributed by atoms with E-state index in [4.69, 9.17) is 9.84 Å². The first-order valence-corrected chi connectivity index (χ1v) is 7.61. The zero-order chi connectivity index (χ0) is 14.2. The Morgan fingerprint density at radius 2 is 2.15 bits per heavy atom. The largest absolute Gasteiger partial charge is 0.491 e. The summed E-state index contributed by atoms with van der Waals surface area (Å²) >= 11 is 0. The number of nitrogens with one attached hydrogen (secondary N) is 1. The van der Waals surface area contributed by atoms with E-state index in [0.29, 0.717) is 12.6 Å². The van der Waals surface area contributed by atoms with Crippen LogP contribution in [0.1, 0.15) is 25.3 Å². The van der Waals surface area contributed by atoms with Crippen molar-refractivity contribution < 1.29 is 9.84 Å². The van der Waals surface area contributed by atoms with Crippen LogP contribution >= 0.6 is 0 Å². The van der Waals surface area contributed by atoms with Crippen LogP contribution in [-0.2, 0) is 6.54 Å². The maximum atomic E-state index is 8.70. The van der Waals surface area contributed by atoms with E-state index in [2.05, 4.69) is 29.3 Å². The van der Waals surface area contributed by atoms with Crippen molar-refractivity contribution in [2.45, 2.75) is 32.4 Å². The smallest absolute Gasteiger partial charge is 0.119 e. The van der Waals surface area contributed by atoms with Gasteiger partial charge in [-0.05, 0) is 43.6 Å². The van der Waals surface area contributed by atoms with E-state index >= 15 is 0 Å². The van der Waals surface area contributed by atoms with Crippen molar-refractivity contribution in [3.05, 3.63) is 29.8 Å². The van der Waals surface area contributed by atoms with E-state index in [0.717, 1.165) is 25.4 Å². The number of hydrogen-bond donors (Lipinski definition) is 2. The molecule has 2 N–H and O–H groups in total. The fraction of sp³-hybridized carbons (Fsp3) is 0.625. The lowest BCUT2D eigenvalue weighted by Gasteiger charge is -2.23. The van der Waals surface area contributed by atoms with Gasteiger partial charge < -0.3 is 15.2 Å². The SMILES string of the molecule is CCN1CCCC1CNCc1ccc(OCCO)cc1. The van der Waals surface area contributed by atoms with Crippen molar-refractivity contribution >= 4 is 0 Å². The van der Waals surface area contributed by atoms with Crippen LogP contribution in [0.15, 0.2) is 24.3 Å². The minimum Gasteiger partial charge on any atom is -0.491 e. The third-order valence-corrected chi connectivity index (χ3v) is 3.90. The lowest BCUT2D eigenvalue weighted by atomic mass is 10.2. The molecule has 1 aromatic carbocycles. The van der Waals surface area contributed by atoms with Crippen LogP contribution in [0.3, 0.4) is 0 Å². The van der Waals surface area contributed by atoms with Gasteiger partial charge in [-0.1, -0.05) is 19.1 Å². The number of rotatable bonds is 8. The Morgan fingerprint density at radius 3 is 2.85 bits per heavy atom. The van der Waals surface area contributed by atoms with E-state index in [-0.39, 0.29) is 6.61 Å². The molecule has 4 nitrogen and oxygen atoms in total. The molecule has 1 aromatic rings. The predicted octanol–water partition coefficient (Wildman–Crippen LogP) is 1.63. The van der Waals surface area contributed by atoms with Crippen molar-refractivity contribution in [3.8, 4) is 5.75 Å². The van der Waals surface area contributed by atoms with Crippen LogP contribution in [0.5, 0.6) is 5.75 Å². The Bertz CT molecular complexity index is 381. The van der Waals surface area contributed by atoms with Gasteiger partial charge in [-0.15, -0.1) is 0 Å². The summed E-state index contributed by atoms with van der Waals surface area (Å²) in [5.74, 6) is 0.816. The molecule has 2 rings (SSSR count). The quantitative estimate of drug-likeness (QED) is 0.759. The Morgan fingerprint density at radius 1 is 1.35 bits per heavy atom. The normalized spacial score (nSPS) is 19.4. The summed E-state index contributed by atoms with van der Waals surface area (Å²) in [6.07, 6.45) is 2.64. The number of nitrogens with zero attached hydrogens (tertiary/aromatic N) is 1. The summed E-state index contributed by atoms with van der Waals surface area (Å²) in [5.41, 5.74) is 1.27. The lowest BCUT2D eigenvalue weighted by Crippen LogP contribution is -2.37. The number of aliphatic hydroxyl groups is 1. The average molecular weight is 278 g/mol. The first kappa shape index (κ1) is 15.3. The molecule has 1 aliphatic heterocycles. The highest BCUT2D eigenvalue weighted by molar-refractivity contribution is 5.27. The van der Waals surface area contributed by atoms with Crippen molar-refractivity contribution in [2.75, 3.05) is 32.8 Å². The van der Waals surface area contributed by atoms with Crippen LogP contribution in [0.25, 0.3) is 0 Å². The number of benzene rings is 1. The molecule has 1 fully saturated rings. The number of hydrogen-bond acceptors (Lipinski definition) is 4. The third-order valence-electron chi connectivity index (χ3n) is 3.90. The van der Waals surface area contributed by atoms with Gasteiger partial charge in [-0.25, -0.2) is 0 Å². The molecule has 112 valence electrons. The minimum absolute atomic E-state index is 0.0542. The van der Waals surface area contributed by atoms with E-state index < -0.39 is 0 Å². The Balaban J connectivity index is 1.71. The van der Waals surface area contributed by atoms with Crippen molar-refractivity contribution in [3.63, 3.8) is 0 Å². The second-order valence-corrected chi connectivity index (χ2v) is 5.27. The van der Waals surface area contributed by atoms with Gasteiger partial charge in [0.25, 0.3) is 0 Å². The molecular formula is C16H26N2O2. The third kappa shape index (κ3) is 4.47. The molecule has 0 radical (unpaired) electrons. The number of likely N-dealkylation sites (tertiary alicyclic amines) is 1. The van der Waals surface area contributed by atoms with Crippen LogP contribution in [0.4, 0.5) is 0 Å². The van der Waals surface area contributed by atoms with Gasteiger partial charge in [-0.3, -0.25) is 4.90 Å². The van der Waals surface area contributed by atoms with E-state index in [1.165, 1.54) is 24.9 Å². The molecule has 1 aliphatic rings. The summed E-state index contributed by atoms with van der Waals surface area (Å²) in [5, 5.41) is 12.3. The molecule has 1 atom stereocenters. The molecule has 0 bridgehead atoms. The molecule has 0 aliphatic carbocycles. The van der Waals surface area contributed by atoms with Crippen molar-refractivity contribution in [1.82, 2.24) is 10.2 Å². The van der Waals surface area contributed by atoms with E-state index in [1.54, 1.807) is 0 Å². The molecule has 0 saturated carbocycles. The van der Waals surface area contributed by atoms with E-state index in [9.17, 15) is 0 Å². The van der Waals surface area contributed by atoms with Gasteiger partial charge in [0.05, 0.1) is 6.61 Å². The summed E-state index contributed by atoms with van der Waals surface area (Å²) in [6.45, 7) is 7.02. The maximum Gasteiger partial charge on any atom is 0.119 e. The van der Waals surface area contributed by atoms with Crippen LogP contribution in [0.2, 0.25) is 0 Å². The summed E-state index contributed by atoms with van der Waals surface area (Å²) in [6, 6.07) is 8.77. The minimum atomic E-state index is 0.0542. The first-order chi connectivity index (χ1) is 9.83. The monoisotopic (exact) mass is 278 g/mol. The Hall–Kier alpha value is -1.10. The highest BCUT2D eigenvalue weighted by atomic mass is 16.5. The highest BCUT2D eigenvalue weighted by Crippen LogP contribution is 2.16. The van der Waals surface area contributed by atoms with Gasteiger partial charge in [0, 0.05) is 19.1 Å². The molecular weight excluding hydrogens is 252 g/mol. The predicted molar refractivity (Wildman–Crippen MR) is 81.0 cm³/mol. The molecule has 0 amide bonds. The van der Waals surface area contributed by atoms with Crippen LogP contribution in [0, 0.1) is 0 Å². The van der Waals surface area contributed by atoms with Gasteiger partial charge in [0.2, 0.25) is 0 Å². The number of aliphatic hydroxyl groups excluding tert-OH is 1. The summed E-state index contributed by atoms with van der Waals surface area (Å²) in [7, 11) is 0. The van der Waals surface area contributed by atoms with Crippen molar-refractivity contribution in [2.24, 2.45) is 0 Å². The molecule has 0 spiro atoms. The van der Waals surface area contributed by atoms with E-state index in [1.807, 2.05) is 12.1 Å². The number of likely N-dealkylation sites (N-methyl/N-ethyl adjacent to an activating group) is 1. The molecule has 1 unspecified atom stereocenters. The van der Waals surface area contributed by atoms with Crippen molar-refractivity contribution in [1.29, 1.82) is 0 Å². The highest BCUT2D eigenvalue weighted by Gasteiger charge is 2.21. The Kier molecular flexibility index (Phi) is 6.30.